The molecule has 64 valence electrons. The van der Waals surface area contributed by atoms with E-state index in [4.69, 9.17) is 9.47 Å². The first-order valence-corrected chi connectivity index (χ1v) is 4.26. The monoisotopic (exact) mass is 156 g/mol. The predicted octanol–water partition coefficient (Wildman–Crippen LogP) is 2.10. The van der Waals surface area contributed by atoms with Crippen molar-refractivity contribution >= 4 is 0 Å². The molecular weight excluding hydrogens is 140 g/mol. The summed E-state index contributed by atoms with van der Waals surface area (Å²) in [6, 6.07) is 0. The fourth-order valence-corrected chi connectivity index (χ4v) is 1.01. The number of hydrogen-bond acceptors (Lipinski definition) is 2. The van der Waals surface area contributed by atoms with Gasteiger partial charge in [0.05, 0.1) is 12.7 Å². The van der Waals surface area contributed by atoms with Gasteiger partial charge in [0.2, 0.25) is 0 Å². The van der Waals surface area contributed by atoms with Crippen LogP contribution in [-0.4, -0.2) is 19.0 Å². The van der Waals surface area contributed by atoms with Gasteiger partial charge in [-0.15, -0.1) is 0 Å². The molecule has 2 heteroatoms. The van der Waals surface area contributed by atoms with E-state index in [1.165, 1.54) is 6.42 Å². The topological polar surface area (TPSA) is 18.5 Å². The maximum atomic E-state index is 5.40. The highest BCUT2D eigenvalue weighted by atomic mass is 16.7. The van der Waals surface area contributed by atoms with Crippen LogP contribution in [0.3, 0.4) is 0 Å². The summed E-state index contributed by atoms with van der Waals surface area (Å²) in [5.74, 6) is 0. The fraction of sp³-hybridized carbons (Fsp3) is 0.778. The van der Waals surface area contributed by atoms with Crippen LogP contribution in [0, 0.1) is 0 Å². The van der Waals surface area contributed by atoms with Gasteiger partial charge in [0.25, 0.3) is 0 Å². The SMILES string of the molecule is CCCC=CC1OCC(C)O1. The van der Waals surface area contributed by atoms with Crippen LogP contribution < -0.4 is 0 Å². The van der Waals surface area contributed by atoms with Crippen molar-refractivity contribution in [3.05, 3.63) is 12.2 Å². The Morgan fingerprint density at radius 2 is 2.36 bits per heavy atom. The maximum absolute atomic E-state index is 5.40. The second-order valence-electron chi connectivity index (χ2n) is 2.87. The van der Waals surface area contributed by atoms with Gasteiger partial charge in [-0.25, -0.2) is 0 Å². The third-order valence-corrected chi connectivity index (χ3v) is 1.61. The van der Waals surface area contributed by atoms with Gasteiger partial charge in [-0.05, 0) is 19.4 Å². The Morgan fingerprint density at radius 1 is 1.55 bits per heavy atom. The summed E-state index contributed by atoms with van der Waals surface area (Å²) in [7, 11) is 0. The molecule has 0 amide bonds. The molecule has 1 rings (SSSR count). The van der Waals surface area contributed by atoms with Gasteiger partial charge >= 0.3 is 0 Å². The molecular formula is C9H16O2. The van der Waals surface area contributed by atoms with Gasteiger partial charge in [-0.1, -0.05) is 19.4 Å². The summed E-state index contributed by atoms with van der Waals surface area (Å²) in [4.78, 5) is 0. The van der Waals surface area contributed by atoms with E-state index in [0.717, 1.165) is 13.0 Å². The van der Waals surface area contributed by atoms with Crippen molar-refractivity contribution in [3.63, 3.8) is 0 Å². The van der Waals surface area contributed by atoms with Crippen molar-refractivity contribution in [2.45, 2.75) is 39.1 Å². The molecule has 0 aromatic heterocycles. The lowest BCUT2D eigenvalue weighted by Gasteiger charge is -2.02. The summed E-state index contributed by atoms with van der Waals surface area (Å²) < 4.78 is 10.7. The first-order valence-electron chi connectivity index (χ1n) is 4.26. The quantitative estimate of drug-likeness (QED) is 0.582. The van der Waals surface area contributed by atoms with Gasteiger partial charge in [-0.3, -0.25) is 0 Å². The third kappa shape index (κ3) is 3.04. The van der Waals surface area contributed by atoms with E-state index in [1.54, 1.807) is 0 Å². The summed E-state index contributed by atoms with van der Waals surface area (Å²) in [5.41, 5.74) is 0. The van der Waals surface area contributed by atoms with Crippen molar-refractivity contribution in [2.24, 2.45) is 0 Å². The van der Waals surface area contributed by atoms with E-state index in [2.05, 4.69) is 13.0 Å². The highest BCUT2D eigenvalue weighted by Crippen LogP contribution is 2.11. The molecule has 0 radical (unpaired) electrons. The summed E-state index contributed by atoms with van der Waals surface area (Å²) in [6.45, 7) is 4.90. The van der Waals surface area contributed by atoms with Crippen molar-refractivity contribution in [3.8, 4) is 0 Å². The predicted molar refractivity (Wildman–Crippen MR) is 44.3 cm³/mol. The zero-order valence-corrected chi connectivity index (χ0v) is 7.25. The van der Waals surface area contributed by atoms with E-state index < -0.39 is 0 Å². The van der Waals surface area contributed by atoms with Crippen LogP contribution in [0.4, 0.5) is 0 Å². The molecule has 1 aliphatic rings. The first-order chi connectivity index (χ1) is 5.33. The number of rotatable bonds is 3. The molecule has 0 bridgehead atoms. The van der Waals surface area contributed by atoms with Gasteiger partial charge in [0.1, 0.15) is 0 Å². The van der Waals surface area contributed by atoms with Crippen LogP contribution in [0.5, 0.6) is 0 Å². The molecule has 0 saturated carbocycles. The van der Waals surface area contributed by atoms with Crippen molar-refractivity contribution in [1.82, 2.24) is 0 Å². The fourth-order valence-electron chi connectivity index (χ4n) is 1.01. The zero-order valence-electron chi connectivity index (χ0n) is 7.25. The van der Waals surface area contributed by atoms with E-state index in [9.17, 15) is 0 Å². The molecule has 1 fully saturated rings. The molecule has 2 atom stereocenters. The van der Waals surface area contributed by atoms with Crippen molar-refractivity contribution < 1.29 is 9.47 Å². The normalized spacial score (nSPS) is 31.8. The third-order valence-electron chi connectivity index (χ3n) is 1.61. The second kappa shape index (κ2) is 4.52. The molecule has 0 spiro atoms. The highest BCUT2D eigenvalue weighted by molar-refractivity contribution is 4.87. The first kappa shape index (κ1) is 8.75. The number of ether oxygens (including phenoxy) is 2. The van der Waals surface area contributed by atoms with Gasteiger partial charge in [0, 0.05) is 0 Å². The molecule has 0 aromatic rings. The summed E-state index contributed by atoms with van der Waals surface area (Å²) in [6.07, 6.45) is 6.56. The van der Waals surface area contributed by atoms with E-state index in [-0.39, 0.29) is 12.4 Å². The lowest BCUT2D eigenvalue weighted by Crippen LogP contribution is -2.05. The van der Waals surface area contributed by atoms with E-state index in [1.807, 2.05) is 13.0 Å². The molecule has 11 heavy (non-hydrogen) atoms. The second-order valence-corrected chi connectivity index (χ2v) is 2.87. The van der Waals surface area contributed by atoms with Crippen LogP contribution in [0.25, 0.3) is 0 Å². The van der Waals surface area contributed by atoms with Crippen molar-refractivity contribution in [2.75, 3.05) is 6.61 Å². The molecule has 0 aliphatic carbocycles. The smallest absolute Gasteiger partial charge is 0.177 e. The Balaban J connectivity index is 2.17. The van der Waals surface area contributed by atoms with Crippen LogP contribution >= 0.6 is 0 Å². The lowest BCUT2D eigenvalue weighted by molar-refractivity contribution is -0.0162. The Bertz CT molecular complexity index is 132. The van der Waals surface area contributed by atoms with Crippen LogP contribution in [0.15, 0.2) is 12.2 Å². The van der Waals surface area contributed by atoms with Crippen molar-refractivity contribution in [1.29, 1.82) is 0 Å². The molecule has 1 aliphatic heterocycles. The molecule has 1 heterocycles. The summed E-state index contributed by atoms with van der Waals surface area (Å²) >= 11 is 0. The lowest BCUT2D eigenvalue weighted by atomic mass is 10.3. The Labute approximate surface area is 68.2 Å². The van der Waals surface area contributed by atoms with E-state index >= 15 is 0 Å². The maximum Gasteiger partial charge on any atom is 0.177 e. The van der Waals surface area contributed by atoms with E-state index in [0.29, 0.717) is 0 Å². The van der Waals surface area contributed by atoms with Gasteiger partial charge in [-0.2, -0.15) is 0 Å². The largest absolute Gasteiger partial charge is 0.346 e. The van der Waals surface area contributed by atoms with Crippen LogP contribution in [-0.2, 0) is 9.47 Å². The molecule has 0 aromatic carbocycles. The molecule has 1 saturated heterocycles. The minimum Gasteiger partial charge on any atom is -0.346 e. The van der Waals surface area contributed by atoms with Crippen LogP contribution in [0.2, 0.25) is 0 Å². The number of allylic oxidation sites excluding steroid dienone is 1. The molecule has 2 unspecified atom stereocenters. The molecule has 0 N–H and O–H groups in total. The Morgan fingerprint density at radius 3 is 2.91 bits per heavy atom. The number of unbranched alkanes of at least 4 members (excludes halogenated alkanes) is 1. The van der Waals surface area contributed by atoms with Gasteiger partial charge < -0.3 is 9.47 Å². The minimum atomic E-state index is -0.0865. The minimum absolute atomic E-state index is 0.0865. The highest BCUT2D eigenvalue weighted by Gasteiger charge is 2.18. The average molecular weight is 156 g/mol. The number of hydrogen-bond donors (Lipinski definition) is 0. The standard InChI is InChI=1S/C9H16O2/c1-3-4-5-6-9-10-7-8(2)11-9/h5-6,8-9H,3-4,7H2,1-2H3. The Kier molecular flexibility index (Phi) is 3.60. The van der Waals surface area contributed by atoms with Gasteiger partial charge in [0.15, 0.2) is 6.29 Å². The van der Waals surface area contributed by atoms with Crippen LogP contribution in [0.1, 0.15) is 26.7 Å². The summed E-state index contributed by atoms with van der Waals surface area (Å²) in [5, 5.41) is 0. The molecule has 2 nitrogen and oxygen atoms in total. The Hall–Kier alpha value is -0.340. The zero-order chi connectivity index (χ0) is 8.10. The average Bonchev–Trinajstić information content (AvgIpc) is 2.37.